The van der Waals surface area contributed by atoms with Crippen LogP contribution in [0.1, 0.15) is 22.3 Å². The van der Waals surface area contributed by atoms with Gasteiger partial charge in [0.25, 0.3) is 5.91 Å². The lowest BCUT2D eigenvalue weighted by Gasteiger charge is -2.34. The van der Waals surface area contributed by atoms with Gasteiger partial charge >= 0.3 is 0 Å². The van der Waals surface area contributed by atoms with Crippen molar-refractivity contribution in [3.8, 4) is 0 Å². The van der Waals surface area contributed by atoms with Gasteiger partial charge in [0.1, 0.15) is 12.1 Å². The lowest BCUT2D eigenvalue weighted by atomic mass is 10.0. The zero-order chi connectivity index (χ0) is 21.4. The van der Waals surface area contributed by atoms with E-state index in [4.69, 9.17) is 11.6 Å². The van der Waals surface area contributed by atoms with E-state index >= 15 is 0 Å². The molecule has 2 saturated heterocycles. The van der Waals surface area contributed by atoms with E-state index in [0.29, 0.717) is 11.4 Å². The van der Waals surface area contributed by atoms with Crippen molar-refractivity contribution in [1.82, 2.24) is 15.5 Å². The first kappa shape index (κ1) is 20.3. The molecule has 2 aromatic carbocycles. The molecular weight excluding hydrogens is 416 g/mol. The van der Waals surface area contributed by atoms with Crippen molar-refractivity contribution < 1.29 is 23.2 Å². The largest absolute Gasteiger partial charge is 0.347 e. The van der Waals surface area contributed by atoms with Gasteiger partial charge in [0, 0.05) is 24.0 Å². The van der Waals surface area contributed by atoms with Crippen LogP contribution in [0.25, 0.3) is 0 Å². The van der Waals surface area contributed by atoms with Crippen molar-refractivity contribution in [1.29, 1.82) is 0 Å². The average Bonchev–Trinajstić information content (AvgIpc) is 3.14. The van der Waals surface area contributed by atoms with Crippen molar-refractivity contribution in [2.24, 2.45) is 0 Å². The molecule has 30 heavy (non-hydrogen) atoms. The third-order valence-corrected chi connectivity index (χ3v) is 5.64. The van der Waals surface area contributed by atoms with E-state index < -0.39 is 41.2 Å². The van der Waals surface area contributed by atoms with E-state index in [1.165, 1.54) is 17.0 Å². The summed E-state index contributed by atoms with van der Waals surface area (Å²) in [5, 5.41) is 5.91. The lowest BCUT2D eigenvalue weighted by Crippen LogP contribution is -2.61. The minimum absolute atomic E-state index is 0.122. The number of nitrogens with zero attached hydrogens (tertiary/aromatic N) is 1. The molecule has 0 bridgehead atoms. The maximum atomic E-state index is 13.9. The predicted octanol–water partition coefficient (Wildman–Crippen LogP) is 2.06. The van der Waals surface area contributed by atoms with Gasteiger partial charge in [-0.25, -0.2) is 8.78 Å². The number of benzene rings is 2. The van der Waals surface area contributed by atoms with Crippen LogP contribution in [0.2, 0.25) is 5.02 Å². The third kappa shape index (κ3) is 3.87. The molecule has 2 fully saturated rings. The smallest absolute Gasteiger partial charge is 0.254 e. The number of piperazine rings is 1. The SMILES string of the molecule is O=C(N[C@H]1C[C@H]2C(=O)N[C@@H](Cc3ccc(Cl)cc3)C(=O)N2C1)c1cccc(F)c1F. The summed E-state index contributed by atoms with van der Waals surface area (Å²) in [6.07, 6.45) is 0.518. The summed E-state index contributed by atoms with van der Waals surface area (Å²) in [5.74, 6) is -3.69. The second-order valence-electron chi connectivity index (χ2n) is 7.41. The Morgan fingerprint density at radius 1 is 1.17 bits per heavy atom. The molecule has 0 aliphatic carbocycles. The van der Waals surface area contributed by atoms with E-state index in [0.717, 1.165) is 11.6 Å². The van der Waals surface area contributed by atoms with Gasteiger partial charge in [0.05, 0.1) is 5.56 Å². The predicted molar refractivity (Wildman–Crippen MR) is 105 cm³/mol. The van der Waals surface area contributed by atoms with Crippen LogP contribution in [0.3, 0.4) is 0 Å². The van der Waals surface area contributed by atoms with Gasteiger partial charge < -0.3 is 15.5 Å². The lowest BCUT2D eigenvalue weighted by molar-refractivity contribution is -0.147. The van der Waals surface area contributed by atoms with Gasteiger partial charge in [-0.2, -0.15) is 0 Å². The number of rotatable bonds is 4. The van der Waals surface area contributed by atoms with Gasteiger partial charge in [-0.3, -0.25) is 14.4 Å². The Hall–Kier alpha value is -3.00. The molecule has 2 aromatic rings. The molecule has 0 radical (unpaired) electrons. The Morgan fingerprint density at radius 3 is 2.63 bits per heavy atom. The quantitative estimate of drug-likeness (QED) is 0.774. The van der Waals surface area contributed by atoms with Crippen LogP contribution in [-0.2, 0) is 16.0 Å². The molecule has 6 nitrogen and oxygen atoms in total. The minimum atomic E-state index is -1.23. The normalized spacial score (nSPS) is 23.2. The van der Waals surface area contributed by atoms with Crippen molar-refractivity contribution in [3.05, 3.63) is 70.2 Å². The fourth-order valence-electron chi connectivity index (χ4n) is 3.90. The second kappa shape index (κ2) is 8.02. The highest BCUT2D eigenvalue weighted by atomic mass is 35.5. The molecule has 0 saturated carbocycles. The molecule has 4 rings (SSSR count). The summed E-state index contributed by atoms with van der Waals surface area (Å²) < 4.78 is 27.2. The zero-order valence-electron chi connectivity index (χ0n) is 15.7. The van der Waals surface area contributed by atoms with Gasteiger partial charge in [0.2, 0.25) is 11.8 Å². The van der Waals surface area contributed by atoms with E-state index in [1.807, 2.05) is 0 Å². The van der Waals surface area contributed by atoms with Crippen LogP contribution in [-0.4, -0.2) is 47.3 Å². The van der Waals surface area contributed by atoms with E-state index in [2.05, 4.69) is 10.6 Å². The van der Waals surface area contributed by atoms with Crippen molar-refractivity contribution in [2.45, 2.75) is 31.0 Å². The molecule has 2 aliphatic heterocycles. The standard InChI is InChI=1S/C21H18ClF2N3O3/c22-12-6-4-11(5-7-12)8-16-21(30)27-10-13(9-17(27)20(29)26-16)25-19(28)14-2-1-3-15(23)18(14)24/h1-7,13,16-17H,8-10H2,(H,25,28)(H,26,29)/t13-,16-,17-/m0/s1. The molecule has 3 atom stereocenters. The minimum Gasteiger partial charge on any atom is -0.347 e. The van der Waals surface area contributed by atoms with Crippen LogP contribution in [0.5, 0.6) is 0 Å². The summed E-state index contributed by atoms with van der Waals surface area (Å²) in [6, 6.07) is 8.36. The topological polar surface area (TPSA) is 78.5 Å². The zero-order valence-corrected chi connectivity index (χ0v) is 16.5. The molecule has 0 spiro atoms. The summed E-state index contributed by atoms with van der Waals surface area (Å²) in [6.45, 7) is 0.122. The summed E-state index contributed by atoms with van der Waals surface area (Å²) in [4.78, 5) is 39.2. The first-order valence-electron chi connectivity index (χ1n) is 9.43. The molecule has 2 heterocycles. The Morgan fingerprint density at radius 2 is 1.90 bits per heavy atom. The monoisotopic (exact) mass is 433 g/mol. The molecule has 2 aliphatic rings. The van der Waals surface area contributed by atoms with Gasteiger partial charge in [0.15, 0.2) is 11.6 Å². The van der Waals surface area contributed by atoms with E-state index in [1.54, 1.807) is 24.3 Å². The molecule has 3 amide bonds. The first-order valence-corrected chi connectivity index (χ1v) is 9.81. The Bertz CT molecular complexity index is 1020. The molecule has 2 N–H and O–H groups in total. The number of hydrogen-bond donors (Lipinski definition) is 2. The number of amides is 3. The molecule has 156 valence electrons. The molecule has 0 unspecified atom stereocenters. The van der Waals surface area contributed by atoms with Crippen molar-refractivity contribution >= 4 is 29.3 Å². The van der Waals surface area contributed by atoms with Crippen LogP contribution in [0.4, 0.5) is 8.78 Å². The average molecular weight is 434 g/mol. The van der Waals surface area contributed by atoms with Crippen molar-refractivity contribution in [2.75, 3.05) is 6.54 Å². The van der Waals surface area contributed by atoms with Crippen molar-refractivity contribution in [3.63, 3.8) is 0 Å². The van der Waals surface area contributed by atoms with Gasteiger partial charge in [-0.15, -0.1) is 0 Å². The second-order valence-corrected chi connectivity index (χ2v) is 7.84. The number of halogens is 3. The molecule has 0 aromatic heterocycles. The van der Waals surface area contributed by atoms with E-state index in [9.17, 15) is 23.2 Å². The Kier molecular flexibility index (Phi) is 5.42. The summed E-state index contributed by atoms with van der Waals surface area (Å²) in [5.41, 5.74) is 0.429. The number of carbonyl (C=O) groups is 3. The fourth-order valence-corrected chi connectivity index (χ4v) is 4.03. The first-order chi connectivity index (χ1) is 14.3. The summed E-state index contributed by atoms with van der Waals surface area (Å²) in [7, 11) is 0. The van der Waals surface area contributed by atoms with Crippen LogP contribution < -0.4 is 10.6 Å². The Balaban J connectivity index is 1.44. The highest BCUT2D eigenvalue weighted by molar-refractivity contribution is 6.30. The highest BCUT2D eigenvalue weighted by Crippen LogP contribution is 2.25. The number of fused-ring (bicyclic) bond motifs is 1. The van der Waals surface area contributed by atoms with Gasteiger partial charge in [-0.1, -0.05) is 29.8 Å². The maximum Gasteiger partial charge on any atom is 0.254 e. The maximum absolute atomic E-state index is 13.9. The fraction of sp³-hybridized carbons (Fsp3) is 0.286. The van der Waals surface area contributed by atoms with Crippen LogP contribution in [0.15, 0.2) is 42.5 Å². The third-order valence-electron chi connectivity index (χ3n) is 5.39. The molecular formula is C21H18ClF2N3O3. The Labute approximate surface area is 176 Å². The highest BCUT2D eigenvalue weighted by Gasteiger charge is 2.46. The van der Waals surface area contributed by atoms with Crippen LogP contribution >= 0.6 is 11.6 Å². The number of nitrogens with one attached hydrogen (secondary N) is 2. The summed E-state index contributed by atoms with van der Waals surface area (Å²) >= 11 is 5.88. The number of carbonyl (C=O) groups excluding carboxylic acids is 3. The molecule has 9 heteroatoms. The number of hydrogen-bond acceptors (Lipinski definition) is 3. The van der Waals surface area contributed by atoms with Gasteiger partial charge in [-0.05, 0) is 36.2 Å². The van der Waals surface area contributed by atoms with E-state index in [-0.39, 0.29) is 24.8 Å². The van der Waals surface area contributed by atoms with Crippen LogP contribution in [0, 0.1) is 11.6 Å².